The fraction of sp³-hybridized carbons (Fsp3) is 0.316. The number of amides is 1. The lowest BCUT2D eigenvalue weighted by atomic mass is 10.0. The Bertz CT molecular complexity index is 947. The van der Waals surface area contributed by atoms with Crippen molar-refractivity contribution < 1.29 is 23.2 Å². The maximum Gasteiger partial charge on any atom is 0.238 e. The van der Waals surface area contributed by atoms with Gasteiger partial charge < -0.3 is 23.7 Å². The number of nitrogens with zero attached hydrogens (tertiary/aromatic N) is 3. The molecule has 0 spiro atoms. The van der Waals surface area contributed by atoms with Gasteiger partial charge in [0.25, 0.3) is 0 Å². The Morgan fingerprint density at radius 2 is 2.14 bits per heavy atom. The maximum atomic E-state index is 12.3. The van der Waals surface area contributed by atoms with Gasteiger partial charge in [0.15, 0.2) is 5.76 Å². The molecule has 1 saturated heterocycles. The smallest absolute Gasteiger partial charge is 0.238 e. The highest BCUT2D eigenvalue weighted by molar-refractivity contribution is 5.93. The number of ether oxygens (including phenoxy) is 2. The molecule has 0 saturated carbocycles. The zero-order valence-corrected chi connectivity index (χ0v) is 15.5. The minimum Gasteiger partial charge on any atom is -0.497 e. The Morgan fingerprint density at radius 3 is 2.86 bits per heavy atom. The topological polar surface area (TPSA) is 103 Å². The molecule has 1 fully saturated rings. The van der Waals surface area contributed by atoms with Crippen LogP contribution in [0.5, 0.6) is 11.5 Å². The van der Waals surface area contributed by atoms with Gasteiger partial charge in [-0.15, -0.1) is 0 Å². The molecule has 1 N–H and O–H groups in total. The number of anilines is 1. The number of carbonyl (C=O) groups is 1. The Balaban J connectivity index is 1.29. The monoisotopic (exact) mass is 384 g/mol. The van der Waals surface area contributed by atoms with E-state index in [1.54, 1.807) is 50.8 Å². The first-order valence-electron chi connectivity index (χ1n) is 8.78. The summed E-state index contributed by atoms with van der Waals surface area (Å²) in [5.41, 5.74) is 0.602. The van der Waals surface area contributed by atoms with Crippen molar-refractivity contribution in [2.75, 3.05) is 39.2 Å². The van der Waals surface area contributed by atoms with Crippen LogP contribution in [0.15, 0.2) is 45.5 Å². The van der Waals surface area contributed by atoms with E-state index >= 15 is 0 Å². The van der Waals surface area contributed by atoms with E-state index in [1.165, 1.54) is 0 Å². The molecule has 0 unspecified atom stereocenters. The molecule has 0 aliphatic carbocycles. The summed E-state index contributed by atoms with van der Waals surface area (Å²) in [5, 5.41) is 6.80. The van der Waals surface area contributed by atoms with Crippen LogP contribution in [0.25, 0.3) is 11.6 Å². The number of carbonyl (C=O) groups excluding carboxylic acids is 1. The highest BCUT2D eigenvalue weighted by Gasteiger charge is 2.34. The average molecular weight is 384 g/mol. The minimum absolute atomic E-state index is 0.111. The van der Waals surface area contributed by atoms with E-state index in [1.807, 2.05) is 4.90 Å². The molecular formula is C19H20N4O5. The fourth-order valence-electron chi connectivity index (χ4n) is 3.06. The molecule has 2 aromatic heterocycles. The van der Waals surface area contributed by atoms with Gasteiger partial charge in [0.1, 0.15) is 11.5 Å². The molecule has 4 rings (SSSR count). The van der Waals surface area contributed by atoms with Crippen LogP contribution < -0.4 is 14.8 Å². The van der Waals surface area contributed by atoms with Crippen molar-refractivity contribution in [3.05, 3.63) is 42.5 Å². The fourth-order valence-corrected chi connectivity index (χ4v) is 3.06. The summed E-state index contributed by atoms with van der Waals surface area (Å²) < 4.78 is 21.0. The van der Waals surface area contributed by atoms with Crippen LogP contribution in [0.4, 0.5) is 5.69 Å². The van der Waals surface area contributed by atoms with Crippen molar-refractivity contribution in [1.29, 1.82) is 0 Å². The molecule has 3 heterocycles. The zero-order chi connectivity index (χ0) is 19.5. The second-order valence-corrected chi connectivity index (χ2v) is 6.44. The molecule has 9 heteroatoms. The summed E-state index contributed by atoms with van der Waals surface area (Å²) in [6, 6.07) is 8.79. The summed E-state index contributed by atoms with van der Waals surface area (Å²) in [7, 11) is 3.13. The summed E-state index contributed by atoms with van der Waals surface area (Å²) >= 11 is 0. The predicted molar refractivity (Wildman–Crippen MR) is 99.4 cm³/mol. The molecule has 1 aliphatic rings. The molecule has 146 valence electrons. The van der Waals surface area contributed by atoms with Crippen LogP contribution in [0.2, 0.25) is 0 Å². The molecular weight excluding hydrogens is 364 g/mol. The number of aromatic nitrogens is 2. The van der Waals surface area contributed by atoms with Gasteiger partial charge in [-0.05, 0) is 24.3 Å². The van der Waals surface area contributed by atoms with Gasteiger partial charge in [0, 0.05) is 19.2 Å². The van der Waals surface area contributed by atoms with Crippen molar-refractivity contribution in [2.45, 2.75) is 5.92 Å². The third-order valence-electron chi connectivity index (χ3n) is 4.54. The van der Waals surface area contributed by atoms with E-state index in [2.05, 4.69) is 15.5 Å². The molecule has 3 aromatic rings. The van der Waals surface area contributed by atoms with E-state index in [9.17, 15) is 4.79 Å². The Kier molecular flexibility index (Phi) is 4.98. The average Bonchev–Trinajstić information content (AvgIpc) is 3.36. The van der Waals surface area contributed by atoms with Crippen LogP contribution in [0.3, 0.4) is 0 Å². The quantitative estimate of drug-likeness (QED) is 0.662. The van der Waals surface area contributed by atoms with Crippen molar-refractivity contribution in [2.24, 2.45) is 0 Å². The van der Waals surface area contributed by atoms with Gasteiger partial charge in [-0.2, -0.15) is 4.98 Å². The van der Waals surface area contributed by atoms with Crippen LogP contribution >= 0.6 is 0 Å². The number of hydrogen-bond acceptors (Lipinski definition) is 8. The van der Waals surface area contributed by atoms with Gasteiger partial charge in [0.05, 0.1) is 38.6 Å². The lowest BCUT2D eigenvalue weighted by Gasteiger charge is -2.36. The number of nitrogens with one attached hydrogen (secondary N) is 1. The van der Waals surface area contributed by atoms with Crippen molar-refractivity contribution in [3.63, 3.8) is 0 Å². The molecule has 28 heavy (non-hydrogen) atoms. The van der Waals surface area contributed by atoms with E-state index in [4.69, 9.17) is 18.4 Å². The Labute approximate surface area is 161 Å². The van der Waals surface area contributed by atoms with E-state index in [0.717, 1.165) is 0 Å². The molecule has 1 amide bonds. The molecule has 1 aliphatic heterocycles. The van der Waals surface area contributed by atoms with Crippen molar-refractivity contribution in [3.8, 4) is 23.1 Å². The number of methoxy groups -OCH3 is 2. The normalized spacial score (nSPS) is 14.5. The number of furan rings is 1. The second-order valence-electron chi connectivity index (χ2n) is 6.44. The lowest BCUT2D eigenvalue weighted by molar-refractivity contribution is -0.118. The molecule has 0 atom stereocenters. The predicted octanol–water partition coefficient (Wildman–Crippen LogP) is 2.38. The van der Waals surface area contributed by atoms with Crippen molar-refractivity contribution >= 4 is 11.6 Å². The summed E-state index contributed by atoms with van der Waals surface area (Å²) in [5.74, 6) is 2.75. The van der Waals surface area contributed by atoms with Crippen LogP contribution in [0, 0.1) is 0 Å². The Hall–Kier alpha value is -3.33. The van der Waals surface area contributed by atoms with Gasteiger partial charge in [-0.1, -0.05) is 5.16 Å². The van der Waals surface area contributed by atoms with Gasteiger partial charge in [-0.3, -0.25) is 9.69 Å². The van der Waals surface area contributed by atoms with Crippen molar-refractivity contribution in [1.82, 2.24) is 15.0 Å². The van der Waals surface area contributed by atoms with E-state index in [0.29, 0.717) is 47.8 Å². The number of rotatable bonds is 7. The van der Waals surface area contributed by atoms with Crippen LogP contribution in [0.1, 0.15) is 11.8 Å². The van der Waals surface area contributed by atoms with Gasteiger partial charge in [-0.25, -0.2) is 0 Å². The maximum absolute atomic E-state index is 12.3. The van der Waals surface area contributed by atoms with Crippen LogP contribution in [-0.4, -0.2) is 54.8 Å². The molecule has 0 bridgehead atoms. The third-order valence-corrected chi connectivity index (χ3v) is 4.54. The molecule has 9 nitrogen and oxygen atoms in total. The Morgan fingerprint density at radius 1 is 1.29 bits per heavy atom. The molecule has 1 aromatic carbocycles. The summed E-state index contributed by atoms with van der Waals surface area (Å²) in [4.78, 5) is 18.7. The largest absolute Gasteiger partial charge is 0.497 e. The van der Waals surface area contributed by atoms with Crippen LogP contribution in [-0.2, 0) is 4.79 Å². The van der Waals surface area contributed by atoms with E-state index in [-0.39, 0.29) is 18.4 Å². The zero-order valence-electron chi connectivity index (χ0n) is 15.5. The summed E-state index contributed by atoms with van der Waals surface area (Å²) in [6.45, 7) is 1.62. The van der Waals surface area contributed by atoms with Gasteiger partial charge >= 0.3 is 0 Å². The molecule has 0 radical (unpaired) electrons. The second kappa shape index (κ2) is 7.73. The number of likely N-dealkylation sites (tertiary alicyclic amines) is 1. The first-order chi connectivity index (χ1) is 13.7. The van der Waals surface area contributed by atoms with Gasteiger partial charge in [0.2, 0.25) is 17.6 Å². The highest BCUT2D eigenvalue weighted by Crippen LogP contribution is 2.30. The minimum atomic E-state index is -0.122. The lowest BCUT2D eigenvalue weighted by Crippen LogP contribution is -2.48. The first kappa shape index (κ1) is 18.1. The SMILES string of the molecule is COc1ccc(NC(=O)CN2CC(c3nc(-c4ccco4)no3)C2)c(OC)c1. The number of benzene rings is 1. The standard InChI is InChI=1S/C19H20N4O5/c1-25-13-5-6-14(16(8-13)26-2)20-17(24)11-23-9-12(10-23)19-21-18(22-28-19)15-4-3-7-27-15/h3-8,12H,9-11H2,1-2H3,(H,20,24). The van der Waals surface area contributed by atoms with E-state index < -0.39 is 0 Å². The summed E-state index contributed by atoms with van der Waals surface area (Å²) in [6.07, 6.45) is 1.56. The first-order valence-corrected chi connectivity index (χ1v) is 8.78. The number of hydrogen-bond donors (Lipinski definition) is 1. The highest BCUT2D eigenvalue weighted by atomic mass is 16.5. The third kappa shape index (κ3) is 3.70.